The minimum absolute atomic E-state index is 0.0588. The van der Waals surface area contributed by atoms with E-state index in [9.17, 15) is 5.11 Å². The number of hydrogen-bond donors (Lipinski definition) is 1. The summed E-state index contributed by atoms with van der Waals surface area (Å²) in [7, 11) is 0. The summed E-state index contributed by atoms with van der Waals surface area (Å²) in [5.74, 6) is 4.27. The van der Waals surface area contributed by atoms with E-state index >= 15 is 0 Å². The van der Waals surface area contributed by atoms with E-state index in [0.717, 1.165) is 17.6 Å². The van der Waals surface area contributed by atoms with Crippen LogP contribution in [0.15, 0.2) is 0 Å². The zero-order chi connectivity index (χ0) is 11.3. The molecular formula is C13H26OS. The fourth-order valence-corrected chi connectivity index (χ4v) is 3.51. The Labute approximate surface area is 99.0 Å². The minimum Gasteiger partial charge on any atom is -0.392 e. The molecule has 1 aliphatic carbocycles. The molecule has 0 aromatic heterocycles. The van der Waals surface area contributed by atoms with Crippen LogP contribution in [0.4, 0.5) is 0 Å². The molecule has 1 aliphatic rings. The number of rotatable bonds is 5. The molecule has 3 unspecified atom stereocenters. The standard InChI is InChI=1S/C13H26OS/c1-10(2)8-15-9-13(14)12-6-4-5-11(3)7-12/h10-14H,4-9H2,1-3H3. The van der Waals surface area contributed by atoms with Gasteiger partial charge < -0.3 is 5.11 Å². The smallest absolute Gasteiger partial charge is 0.0658 e. The zero-order valence-corrected chi connectivity index (χ0v) is 11.2. The number of thioether (sulfide) groups is 1. The fraction of sp³-hybridized carbons (Fsp3) is 1.00. The molecule has 0 aromatic carbocycles. The third-order valence-corrected chi connectivity index (χ3v) is 4.74. The first-order chi connectivity index (χ1) is 7.09. The first kappa shape index (κ1) is 13.4. The summed E-state index contributed by atoms with van der Waals surface area (Å²) >= 11 is 1.91. The van der Waals surface area contributed by atoms with Crippen LogP contribution in [0.5, 0.6) is 0 Å². The molecule has 3 atom stereocenters. The second kappa shape index (κ2) is 6.80. The van der Waals surface area contributed by atoms with Crippen LogP contribution in [0.3, 0.4) is 0 Å². The van der Waals surface area contributed by atoms with Crippen molar-refractivity contribution in [2.75, 3.05) is 11.5 Å². The van der Waals surface area contributed by atoms with E-state index in [0.29, 0.717) is 5.92 Å². The van der Waals surface area contributed by atoms with Crippen molar-refractivity contribution >= 4 is 11.8 Å². The molecular weight excluding hydrogens is 204 g/mol. The molecule has 0 saturated heterocycles. The van der Waals surface area contributed by atoms with Gasteiger partial charge in [0.1, 0.15) is 0 Å². The van der Waals surface area contributed by atoms with E-state index in [-0.39, 0.29) is 6.10 Å². The molecule has 1 N–H and O–H groups in total. The maximum absolute atomic E-state index is 10.1. The van der Waals surface area contributed by atoms with Gasteiger partial charge >= 0.3 is 0 Å². The summed E-state index contributed by atoms with van der Waals surface area (Å²) in [6.07, 6.45) is 5.11. The summed E-state index contributed by atoms with van der Waals surface area (Å²) in [5, 5.41) is 10.1. The molecule has 0 bridgehead atoms. The molecule has 1 fully saturated rings. The lowest BCUT2D eigenvalue weighted by molar-refractivity contribution is 0.0902. The summed E-state index contributed by atoms with van der Waals surface area (Å²) in [6, 6.07) is 0. The molecule has 2 heteroatoms. The highest BCUT2D eigenvalue weighted by atomic mass is 32.2. The molecule has 0 aliphatic heterocycles. The average Bonchev–Trinajstić information content (AvgIpc) is 2.17. The van der Waals surface area contributed by atoms with Gasteiger partial charge in [0.25, 0.3) is 0 Å². The van der Waals surface area contributed by atoms with Crippen molar-refractivity contribution in [1.29, 1.82) is 0 Å². The average molecular weight is 230 g/mol. The van der Waals surface area contributed by atoms with Crippen LogP contribution >= 0.6 is 11.8 Å². The maximum atomic E-state index is 10.1. The zero-order valence-electron chi connectivity index (χ0n) is 10.4. The molecule has 0 radical (unpaired) electrons. The van der Waals surface area contributed by atoms with Gasteiger partial charge in [0, 0.05) is 5.75 Å². The lowest BCUT2D eigenvalue weighted by atomic mass is 9.80. The Hall–Kier alpha value is 0.310. The largest absolute Gasteiger partial charge is 0.392 e. The van der Waals surface area contributed by atoms with Gasteiger partial charge in [-0.3, -0.25) is 0 Å². The van der Waals surface area contributed by atoms with Gasteiger partial charge in [-0.05, 0) is 36.3 Å². The first-order valence-electron chi connectivity index (χ1n) is 6.35. The van der Waals surface area contributed by atoms with Crippen molar-refractivity contribution in [3.8, 4) is 0 Å². The van der Waals surface area contributed by atoms with Crippen LogP contribution in [0.2, 0.25) is 0 Å². The minimum atomic E-state index is -0.0588. The SMILES string of the molecule is CC(C)CSCC(O)C1CCCC(C)C1. The van der Waals surface area contributed by atoms with Gasteiger partial charge in [0.05, 0.1) is 6.10 Å². The van der Waals surface area contributed by atoms with E-state index < -0.39 is 0 Å². The first-order valence-corrected chi connectivity index (χ1v) is 7.51. The van der Waals surface area contributed by atoms with Crippen molar-refractivity contribution in [3.63, 3.8) is 0 Å². The Balaban J connectivity index is 2.17. The van der Waals surface area contributed by atoms with Gasteiger partial charge in [0.15, 0.2) is 0 Å². The monoisotopic (exact) mass is 230 g/mol. The Morgan fingerprint density at radius 2 is 2.00 bits per heavy atom. The number of aliphatic hydroxyl groups excluding tert-OH is 1. The van der Waals surface area contributed by atoms with Crippen molar-refractivity contribution < 1.29 is 5.11 Å². The second-order valence-corrected chi connectivity index (χ2v) is 6.61. The van der Waals surface area contributed by atoms with E-state index in [1.807, 2.05) is 11.8 Å². The summed E-state index contributed by atoms with van der Waals surface area (Å²) in [6.45, 7) is 6.80. The number of aliphatic hydroxyl groups is 1. The van der Waals surface area contributed by atoms with Crippen LogP contribution in [-0.2, 0) is 0 Å². The van der Waals surface area contributed by atoms with Crippen LogP contribution in [0, 0.1) is 17.8 Å². The molecule has 1 rings (SSSR count). The molecule has 15 heavy (non-hydrogen) atoms. The predicted molar refractivity (Wildman–Crippen MR) is 69.3 cm³/mol. The number of hydrogen-bond acceptors (Lipinski definition) is 2. The Kier molecular flexibility index (Phi) is 6.06. The molecule has 0 aromatic rings. The lowest BCUT2D eigenvalue weighted by Crippen LogP contribution is -2.28. The normalized spacial score (nSPS) is 29.4. The van der Waals surface area contributed by atoms with E-state index in [1.165, 1.54) is 31.4 Å². The van der Waals surface area contributed by atoms with Crippen LogP contribution in [-0.4, -0.2) is 22.7 Å². The van der Waals surface area contributed by atoms with Gasteiger partial charge in [-0.1, -0.05) is 33.6 Å². The molecule has 0 amide bonds. The quantitative estimate of drug-likeness (QED) is 0.779. The predicted octanol–water partition coefficient (Wildman–Crippen LogP) is 3.56. The molecule has 0 spiro atoms. The van der Waals surface area contributed by atoms with Gasteiger partial charge in [-0.2, -0.15) is 11.8 Å². The van der Waals surface area contributed by atoms with Crippen LogP contribution in [0.25, 0.3) is 0 Å². The second-order valence-electron chi connectivity index (χ2n) is 5.53. The summed E-state index contributed by atoms with van der Waals surface area (Å²) < 4.78 is 0. The topological polar surface area (TPSA) is 20.2 Å². The molecule has 1 nitrogen and oxygen atoms in total. The third-order valence-electron chi connectivity index (χ3n) is 3.26. The van der Waals surface area contributed by atoms with E-state index in [4.69, 9.17) is 0 Å². The van der Waals surface area contributed by atoms with Crippen molar-refractivity contribution in [2.24, 2.45) is 17.8 Å². The maximum Gasteiger partial charge on any atom is 0.0658 e. The Morgan fingerprint density at radius 1 is 1.27 bits per heavy atom. The molecule has 1 saturated carbocycles. The van der Waals surface area contributed by atoms with Crippen molar-refractivity contribution in [1.82, 2.24) is 0 Å². The van der Waals surface area contributed by atoms with Crippen LogP contribution in [0.1, 0.15) is 46.5 Å². The van der Waals surface area contributed by atoms with Gasteiger partial charge in [-0.25, -0.2) is 0 Å². The van der Waals surface area contributed by atoms with Gasteiger partial charge in [-0.15, -0.1) is 0 Å². The summed E-state index contributed by atoms with van der Waals surface area (Å²) in [5.41, 5.74) is 0. The van der Waals surface area contributed by atoms with E-state index in [1.54, 1.807) is 0 Å². The Bertz CT molecular complexity index is 170. The van der Waals surface area contributed by atoms with Gasteiger partial charge in [0.2, 0.25) is 0 Å². The van der Waals surface area contributed by atoms with E-state index in [2.05, 4.69) is 20.8 Å². The lowest BCUT2D eigenvalue weighted by Gasteiger charge is -2.30. The highest BCUT2D eigenvalue weighted by Gasteiger charge is 2.24. The molecule has 90 valence electrons. The molecule has 0 heterocycles. The third kappa shape index (κ3) is 5.26. The van der Waals surface area contributed by atoms with Crippen LogP contribution < -0.4 is 0 Å². The fourth-order valence-electron chi connectivity index (χ4n) is 2.39. The summed E-state index contributed by atoms with van der Waals surface area (Å²) in [4.78, 5) is 0. The van der Waals surface area contributed by atoms with Crippen molar-refractivity contribution in [2.45, 2.75) is 52.6 Å². The Morgan fingerprint density at radius 3 is 2.60 bits per heavy atom. The highest BCUT2D eigenvalue weighted by molar-refractivity contribution is 7.99. The van der Waals surface area contributed by atoms with Crippen molar-refractivity contribution in [3.05, 3.63) is 0 Å². The highest BCUT2D eigenvalue weighted by Crippen LogP contribution is 2.31.